The molecule has 0 aliphatic heterocycles. The molecule has 0 saturated carbocycles. The fourth-order valence-corrected chi connectivity index (χ4v) is 1.57. The van der Waals surface area contributed by atoms with E-state index >= 15 is 0 Å². The molecule has 0 saturated heterocycles. The van der Waals surface area contributed by atoms with Crippen LogP contribution in [0.1, 0.15) is 12.0 Å². The van der Waals surface area contributed by atoms with E-state index in [1.54, 1.807) is 6.07 Å². The number of halogens is 5. The van der Waals surface area contributed by atoms with Crippen LogP contribution in [0.5, 0.6) is 0 Å². The molecule has 0 bridgehead atoms. The monoisotopic (exact) mass is 299 g/mol. The molecular weight excluding hydrogens is 286 g/mol. The molecule has 1 rings (SSSR count). The predicted octanol–water partition coefficient (Wildman–Crippen LogP) is 3.54. The van der Waals surface area contributed by atoms with E-state index in [0.29, 0.717) is 19.5 Å². The Morgan fingerprint density at radius 2 is 2.00 bits per heavy atom. The van der Waals surface area contributed by atoms with E-state index in [9.17, 15) is 17.6 Å². The molecule has 1 aromatic rings. The number of benzene rings is 1. The molecule has 0 amide bonds. The number of nitrogens with one attached hydrogen (secondary N) is 1. The van der Waals surface area contributed by atoms with Crippen molar-refractivity contribution >= 4 is 11.6 Å². The van der Waals surface area contributed by atoms with Crippen molar-refractivity contribution < 1.29 is 22.3 Å². The number of hydrogen-bond acceptors (Lipinski definition) is 2. The summed E-state index contributed by atoms with van der Waals surface area (Å²) in [7, 11) is 0. The van der Waals surface area contributed by atoms with E-state index in [1.165, 1.54) is 12.1 Å². The number of alkyl halides is 3. The molecule has 7 heteroatoms. The van der Waals surface area contributed by atoms with Gasteiger partial charge in [-0.25, -0.2) is 4.39 Å². The van der Waals surface area contributed by atoms with Gasteiger partial charge in [0, 0.05) is 13.2 Å². The fourth-order valence-electron chi connectivity index (χ4n) is 1.37. The molecule has 0 aliphatic rings. The second-order valence-corrected chi connectivity index (χ2v) is 4.35. The highest BCUT2D eigenvalue weighted by Gasteiger charge is 2.27. The molecule has 0 aliphatic carbocycles. The highest BCUT2D eigenvalue weighted by atomic mass is 35.5. The van der Waals surface area contributed by atoms with Gasteiger partial charge in [0.25, 0.3) is 0 Å². The third-order valence-electron chi connectivity index (χ3n) is 2.22. The van der Waals surface area contributed by atoms with Crippen molar-refractivity contribution in [1.29, 1.82) is 0 Å². The van der Waals surface area contributed by atoms with Crippen LogP contribution in [0.15, 0.2) is 18.2 Å². The smallest absolute Gasteiger partial charge is 0.372 e. The molecule has 0 unspecified atom stereocenters. The van der Waals surface area contributed by atoms with Crippen LogP contribution in [0.25, 0.3) is 0 Å². The summed E-state index contributed by atoms with van der Waals surface area (Å²) in [5.74, 6) is -0.481. The standard InChI is InChI=1S/C12H14ClF4NO/c13-10-6-9(2-3-11(10)14)7-18-4-1-5-19-8-12(15,16)17/h2-3,6,18H,1,4-5,7-8H2. The average molecular weight is 300 g/mol. The van der Waals surface area contributed by atoms with Crippen LogP contribution in [0, 0.1) is 5.82 Å². The lowest BCUT2D eigenvalue weighted by Gasteiger charge is -2.08. The van der Waals surface area contributed by atoms with Crippen molar-refractivity contribution in [3.63, 3.8) is 0 Å². The summed E-state index contributed by atoms with van der Waals surface area (Å²) in [6.07, 6.45) is -3.82. The summed E-state index contributed by atoms with van der Waals surface area (Å²) in [5, 5.41) is 3.05. The Kier molecular flexibility index (Phi) is 6.54. The molecule has 1 aromatic carbocycles. The fraction of sp³-hybridized carbons (Fsp3) is 0.500. The van der Waals surface area contributed by atoms with Gasteiger partial charge in [-0.2, -0.15) is 13.2 Å². The second kappa shape index (κ2) is 7.67. The number of ether oxygens (including phenoxy) is 1. The lowest BCUT2D eigenvalue weighted by atomic mass is 10.2. The van der Waals surface area contributed by atoms with E-state index < -0.39 is 18.6 Å². The van der Waals surface area contributed by atoms with Gasteiger partial charge in [-0.3, -0.25) is 0 Å². The quantitative estimate of drug-likeness (QED) is 0.614. The van der Waals surface area contributed by atoms with Crippen molar-refractivity contribution in [3.8, 4) is 0 Å². The SMILES string of the molecule is Fc1ccc(CNCCCOCC(F)(F)F)cc1Cl. The normalized spacial score (nSPS) is 11.8. The van der Waals surface area contributed by atoms with E-state index in [-0.39, 0.29) is 11.6 Å². The Morgan fingerprint density at radius 3 is 2.63 bits per heavy atom. The van der Waals surface area contributed by atoms with E-state index in [1.807, 2.05) is 0 Å². The zero-order valence-electron chi connectivity index (χ0n) is 10.1. The first-order chi connectivity index (χ1) is 8.88. The topological polar surface area (TPSA) is 21.3 Å². The van der Waals surface area contributed by atoms with Crippen LogP contribution in [0.3, 0.4) is 0 Å². The van der Waals surface area contributed by atoms with Crippen LogP contribution >= 0.6 is 11.6 Å². The predicted molar refractivity (Wildman–Crippen MR) is 64.6 cm³/mol. The minimum absolute atomic E-state index is 0.0384. The molecule has 0 radical (unpaired) electrons. The third-order valence-corrected chi connectivity index (χ3v) is 2.51. The maximum atomic E-state index is 12.9. The molecule has 0 fully saturated rings. The van der Waals surface area contributed by atoms with Crippen LogP contribution in [0.4, 0.5) is 17.6 Å². The van der Waals surface area contributed by atoms with Gasteiger partial charge in [0.2, 0.25) is 0 Å². The van der Waals surface area contributed by atoms with Gasteiger partial charge in [0.15, 0.2) is 0 Å². The highest BCUT2D eigenvalue weighted by molar-refractivity contribution is 6.30. The Balaban J connectivity index is 2.09. The van der Waals surface area contributed by atoms with Crippen molar-refractivity contribution in [1.82, 2.24) is 5.32 Å². The van der Waals surface area contributed by atoms with Gasteiger partial charge in [-0.1, -0.05) is 17.7 Å². The van der Waals surface area contributed by atoms with E-state index in [4.69, 9.17) is 11.6 Å². The summed E-state index contributed by atoms with van der Waals surface area (Å²) >= 11 is 5.61. The second-order valence-electron chi connectivity index (χ2n) is 3.95. The van der Waals surface area contributed by atoms with E-state index in [2.05, 4.69) is 10.1 Å². The first kappa shape index (κ1) is 16.2. The Labute approximate surface area is 113 Å². The molecule has 19 heavy (non-hydrogen) atoms. The minimum Gasteiger partial charge on any atom is -0.372 e. The molecule has 2 nitrogen and oxygen atoms in total. The van der Waals surface area contributed by atoms with Gasteiger partial charge < -0.3 is 10.1 Å². The summed E-state index contributed by atoms with van der Waals surface area (Å²) < 4.78 is 52.5. The molecule has 0 heterocycles. The molecule has 0 aromatic heterocycles. The largest absolute Gasteiger partial charge is 0.411 e. The van der Waals surface area contributed by atoms with Gasteiger partial charge >= 0.3 is 6.18 Å². The van der Waals surface area contributed by atoms with E-state index in [0.717, 1.165) is 5.56 Å². The van der Waals surface area contributed by atoms with Crippen LogP contribution in [-0.4, -0.2) is 25.9 Å². The maximum Gasteiger partial charge on any atom is 0.411 e. The van der Waals surface area contributed by atoms with Gasteiger partial charge in [0.05, 0.1) is 5.02 Å². The van der Waals surface area contributed by atoms with Crippen molar-refractivity contribution in [3.05, 3.63) is 34.6 Å². The first-order valence-electron chi connectivity index (χ1n) is 5.67. The first-order valence-corrected chi connectivity index (χ1v) is 6.05. The van der Waals surface area contributed by atoms with Crippen molar-refractivity contribution in [2.75, 3.05) is 19.8 Å². The third kappa shape index (κ3) is 7.34. The Morgan fingerprint density at radius 1 is 1.26 bits per heavy atom. The van der Waals surface area contributed by atoms with Gasteiger partial charge in [0.1, 0.15) is 12.4 Å². The lowest BCUT2D eigenvalue weighted by molar-refractivity contribution is -0.173. The van der Waals surface area contributed by atoms with Gasteiger partial charge in [-0.15, -0.1) is 0 Å². The Hall–Kier alpha value is -0.850. The van der Waals surface area contributed by atoms with Crippen LogP contribution < -0.4 is 5.32 Å². The molecule has 0 spiro atoms. The summed E-state index contributed by atoms with van der Waals surface area (Å²) in [6.45, 7) is -0.205. The molecule has 1 N–H and O–H groups in total. The highest BCUT2D eigenvalue weighted by Crippen LogP contribution is 2.16. The van der Waals surface area contributed by atoms with Gasteiger partial charge in [-0.05, 0) is 30.7 Å². The molecule has 0 atom stereocenters. The molecule has 108 valence electrons. The maximum absolute atomic E-state index is 12.9. The zero-order valence-corrected chi connectivity index (χ0v) is 10.8. The summed E-state index contributed by atoms with van der Waals surface area (Å²) in [5.41, 5.74) is 0.808. The Bertz CT molecular complexity index is 398. The number of rotatable bonds is 7. The lowest BCUT2D eigenvalue weighted by Crippen LogP contribution is -2.20. The van der Waals surface area contributed by atoms with Crippen molar-refractivity contribution in [2.24, 2.45) is 0 Å². The van der Waals surface area contributed by atoms with Crippen LogP contribution in [-0.2, 0) is 11.3 Å². The number of hydrogen-bond donors (Lipinski definition) is 1. The summed E-state index contributed by atoms with van der Waals surface area (Å²) in [6, 6.07) is 4.37. The van der Waals surface area contributed by atoms with Crippen molar-refractivity contribution in [2.45, 2.75) is 19.1 Å². The van der Waals surface area contributed by atoms with Crippen LogP contribution in [0.2, 0.25) is 5.02 Å². The summed E-state index contributed by atoms with van der Waals surface area (Å²) in [4.78, 5) is 0. The zero-order chi connectivity index (χ0) is 14.3. The minimum atomic E-state index is -4.28. The average Bonchev–Trinajstić information content (AvgIpc) is 2.31. The molecular formula is C12H14ClF4NO.